The molecule has 0 aliphatic rings. The molecular formula is C23H35F5O2. The molecule has 0 N–H and O–H groups in total. The van der Waals surface area contributed by atoms with Crippen LogP contribution in [-0.4, -0.2) is 18.8 Å². The number of rotatable bonds is 15. The van der Waals surface area contributed by atoms with Gasteiger partial charge >= 0.3 is 0 Å². The van der Waals surface area contributed by atoms with Crippen LogP contribution in [0.1, 0.15) is 85.5 Å². The molecule has 0 saturated carbocycles. The van der Waals surface area contributed by atoms with Gasteiger partial charge in [-0.3, -0.25) is 0 Å². The molecular weight excluding hydrogens is 403 g/mol. The van der Waals surface area contributed by atoms with Crippen LogP contribution in [0.5, 0.6) is 5.75 Å². The Labute approximate surface area is 177 Å². The van der Waals surface area contributed by atoms with Crippen molar-refractivity contribution in [1.29, 1.82) is 0 Å². The highest BCUT2D eigenvalue weighted by Crippen LogP contribution is 2.32. The van der Waals surface area contributed by atoms with Crippen molar-refractivity contribution in [3.05, 3.63) is 29.1 Å². The summed E-state index contributed by atoms with van der Waals surface area (Å²) in [6.45, 7) is 8.56. The van der Waals surface area contributed by atoms with E-state index in [0.29, 0.717) is 19.4 Å². The summed E-state index contributed by atoms with van der Waals surface area (Å²) in [5.74, 6) is -11.1. The van der Waals surface area contributed by atoms with Gasteiger partial charge in [-0.1, -0.05) is 45.4 Å². The SMILES string of the molecule is CCCCCCCCC(CCCOc1c(F)c(F)c(F)c(F)c1F)C(C)(C)OCC. The molecule has 1 aromatic rings. The van der Waals surface area contributed by atoms with E-state index in [9.17, 15) is 22.0 Å². The Morgan fingerprint density at radius 3 is 1.77 bits per heavy atom. The van der Waals surface area contributed by atoms with Gasteiger partial charge in [-0.25, -0.2) is 13.2 Å². The normalized spacial score (nSPS) is 13.0. The van der Waals surface area contributed by atoms with Crippen molar-refractivity contribution in [1.82, 2.24) is 0 Å². The van der Waals surface area contributed by atoms with Crippen molar-refractivity contribution in [2.45, 2.75) is 91.1 Å². The highest BCUT2D eigenvalue weighted by atomic mass is 19.2. The van der Waals surface area contributed by atoms with Crippen molar-refractivity contribution >= 4 is 0 Å². The van der Waals surface area contributed by atoms with Crippen molar-refractivity contribution in [3.63, 3.8) is 0 Å². The molecule has 7 heteroatoms. The van der Waals surface area contributed by atoms with Crippen LogP contribution in [0.2, 0.25) is 0 Å². The van der Waals surface area contributed by atoms with Gasteiger partial charge in [0.05, 0.1) is 12.2 Å². The molecule has 0 heterocycles. The van der Waals surface area contributed by atoms with Crippen molar-refractivity contribution in [3.8, 4) is 5.75 Å². The first-order valence-corrected chi connectivity index (χ1v) is 10.9. The van der Waals surface area contributed by atoms with E-state index in [-0.39, 0.29) is 18.1 Å². The van der Waals surface area contributed by atoms with Crippen LogP contribution in [0.3, 0.4) is 0 Å². The molecule has 2 nitrogen and oxygen atoms in total. The monoisotopic (exact) mass is 438 g/mol. The van der Waals surface area contributed by atoms with E-state index in [1.54, 1.807) is 0 Å². The van der Waals surface area contributed by atoms with Crippen LogP contribution >= 0.6 is 0 Å². The summed E-state index contributed by atoms with van der Waals surface area (Å²) in [5.41, 5.74) is -0.372. The van der Waals surface area contributed by atoms with Gasteiger partial charge in [0.1, 0.15) is 0 Å². The van der Waals surface area contributed by atoms with E-state index in [2.05, 4.69) is 6.92 Å². The smallest absolute Gasteiger partial charge is 0.206 e. The summed E-state index contributed by atoms with van der Waals surface area (Å²) < 4.78 is 77.9. The number of halogens is 5. The maximum absolute atomic E-state index is 13.7. The first-order chi connectivity index (χ1) is 14.2. The fraction of sp³-hybridized carbons (Fsp3) is 0.739. The highest BCUT2D eigenvalue weighted by molar-refractivity contribution is 5.29. The second kappa shape index (κ2) is 13.1. The molecule has 0 aromatic heterocycles. The number of hydrogen-bond acceptors (Lipinski definition) is 2. The van der Waals surface area contributed by atoms with Crippen LogP contribution in [0, 0.1) is 35.0 Å². The Kier molecular flexibility index (Phi) is 11.7. The molecule has 0 amide bonds. The van der Waals surface area contributed by atoms with E-state index in [4.69, 9.17) is 9.47 Å². The predicted octanol–water partition coefficient (Wildman–Crippen LogP) is 7.72. The van der Waals surface area contributed by atoms with Gasteiger partial charge in [-0.2, -0.15) is 8.78 Å². The van der Waals surface area contributed by atoms with Crippen molar-refractivity contribution < 1.29 is 31.4 Å². The zero-order chi connectivity index (χ0) is 22.7. The van der Waals surface area contributed by atoms with E-state index < -0.39 is 34.8 Å². The lowest BCUT2D eigenvalue weighted by molar-refractivity contribution is -0.0610. The van der Waals surface area contributed by atoms with Crippen LogP contribution in [-0.2, 0) is 4.74 Å². The summed E-state index contributed by atoms with van der Waals surface area (Å²) in [7, 11) is 0. The minimum atomic E-state index is -2.19. The van der Waals surface area contributed by atoms with Crippen LogP contribution in [0.15, 0.2) is 0 Å². The van der Waals surface area contributed by atoms with Crippen LogP contribution < -0.4 is 4.74 Å². The Morgan fingerprint density at radius 2 is 1.20 bits per heavy atom. The quantitative estimate of drug-likeness (QED) is 0.121. The first kappa shape index (κ1) is 26.7. The maximum Gasteiger partial charge on any atom is 0.206 e. The molecule has 0 radical (unpaired) electrons. The summed E-state index contributed by atoms with van der Waals surface area (Å²) in [6.07, 6.45) is 9.08. The second-order valence-corrected chi connectivity index (χ2v) is 8.18. The lowest BCUT2D eigenvalue weighted by Gasteiger charge is -2.34. The number of unbranched alkanes of at least 4 members (excludes halogenated alkanes) is 5. The van der Waals surface area contributed by atoms with Crippen molar-refractivity contribution in [2.24, 2.45) is 5.92 Å². The molecule has 0 fully saturated rings. The fourth-order valence-electron chi connectivity index (χ4n) is 3.72. The Balaban J connectivity index is 2.63. The van der Waals surface area contributed by atoms with Gasteiger partial charge in [0.2, 0.25) is 29.1 Å². The summed E-state index contributed by atoms with van der Waals surface area (Å²) >= 11 is 0. The zero-order valence-electron chi connectivity index (χ0n) is 18.6. The fourth-order valence-corrected chi connectivity index (χ4v) is 3.72. The molecule has 1 aromatic carbocycles. The molecule has 1 unspecified atom stereocenters. The van der Waals surface area contributed by atoms with Crippen LogP contribution in [0.25, 0.3) is 0 Å². The van der Waals surface area contributed by atoms with E-state index in [0.717, 1.165) is 19.3 Å². The third-order valence-electron chi connectivity index (χ3n) is 5.52. The van der Waals surface area contributed by atoms with Crippen molar-refractivity contribution in [2.75, 3.05) is 13.2 Å². The number of ether oxygens (including phenoxy) is 2. The lowest BCUT2D eigenvalue weighted by Crippen LogP contribution is -2.35. The van der Waals surface area contributed by atoms with Crippen LogP contribution in [0.4, 0.5) is 22.0 Å². The molecule has 0 aliphatic heterocycles. The third kappa shape index (κ3) is 7.71. The molecule has 0 aliphatic carbocycles. The van der Waals surface area contributed by atoms with E-state index >= 15 is 0 Å². The molecule has 0 spiro atoms. The molecule has 0 saturated heterocycles. The Morgan fingerprint density at radius 1 is 0.700 bits per heavy atom. The average molecular weight is 439 g/mol. The highest BCUT2D eigenvalue weighted by Gasteiger charge is 2.30. The maximum atomic E-state index is 13.7. The minimum Gasteiger partial charge on any atom is -0.487 e. The standard InChI is InChI=1S/C23H35F5O2/c1-5-7-8-9-10-11-13-16(23(3,4)30-6-2)14-12-15-29-22-20(27)18(25)17(24)19(26)21(22)28/h16H,5-15H2,1-4H3. The summed E-state index contributed by atoms with van der Waals surface area (Å²) in [6, 6.07) is 0. The van der Waals surface area contributed by atoms with Gasteiger partial charge in [0.15, 0.2) is 5.75 Å². The molecule has 174 valence electrons. The van der Waals surface area contributed by atoms with Gasteiger partial charge in [-0.15, -0.1) is 0 Å². The Bertz CT molecular complexity index is 620. The number of hydrogen-bond donors (Lipinski definition) is 0. The summed E-state index contributed by atoms with van der Waals surface area (Å²) in [4.78, 5) is 0. The molecule has 1 rings (SSSR count). The topological polar surface area (TPSA) is 18.5 Å². The van der Waals surface area contributed by atoms with Gasteiger partial charge in [0, 0.05) is 6.61 Å². The second-order valence-electron chi connectivity index (χ2n) is 8.18. The third-order valence-corrected chi connectivity index (χ3v) is 5.52. The van der Waals surface area contributed by atoms with E-state index in [1.807, 2.05) is 20.8 Å². The molecule has 1 atom stereocenters. The van der Waals surface area contributed by atoms with Gasteiger partial charge in [0.25, 0.3) is 0 Å². The number of benzene rings is 1. The molecule has 0 bridgehead atoms. The van der Waals surface area contributed by atoms with Gasteiger partial charge in [-0.05, 0) is 46.0 Å². The van der Waals surface area contributed by atoms with Gasteiger partial charge < -0.3 is 9.47 Å². The predicted molar refractivity (Wildman–Crippen MR) is 108 cm³/mol. The molecule has 30 heavy (non-hydrogen) atoms. The first-order valence-electron chi connectivity index (χ1n) is 10.9. The van der Waals surface area contributed by atoms with E-state index in [1.165, 1.54) is 25.7 Å². The Hall–Kier alpha value is -1.37. The largest absolute Gasteiger partial charge is 0.487 e. The average Bonchev–Trinajstić information content (AvgIpc) is 2.70. The summed E-state index contributed by atoms with van der Waals surface area (Å²) in [5, 5.41) is 0. The zero-order valence-corrected chi connectivity index (χ0v) is 18.6. The minimum absolute atomic E-state index is 0.145. The lowest BCUT2D eigenvalue weighted by atomic mass is 9.82.